The normalized spacial score (nSPS) is 10.5. The maximum Gasteiger partial charge on any atom is 0.0998 e. The third-order valence-corrected chi connectivity index (χ3v) is 3.08. The van der Waals surface area contributed by atoms with Crippen LogP contribution in [0.2, 0.25) is 10.0 Å². The van der Waals surface area contributed by atoms with Gasteiger partial charge in [0.15, 0.2) is 0 Å². The summed E-state index contributed by atoms with van der Waals surface area (Å²) >= 11 is 11.7. The van der Waals surface area contributed by atoms with E-state index >= 15 is 0 Å². The highest BCUT2D eigenvalue weighted by Gasteiger charge is 1.99. The van der Waals surface area contributed by atoms with E-state index < -0.39 is 0 Å². The van der Waals surface area contributed by atoms with Crippen LogP contribution < -0.4 is 0 Å². The zero-order chi connectivity index (χ0) is 13.0. The van der Waals surface area contributed by atoms with E-state index in [0.717, 1.165) is 5.56 Å². The molecule has 0 heterocycles. The van der Waals surface area contributed by atoms with E-state index in [4.69, 9.17) is 28.5 Å². The maximum absolute atomic E-state index is 8.95. The lowest BCUT2D eigenvalue weighted by molar-refractivity contribution is 1.46. The van der Waals surface area contributed by atoms with Crippen molar-refractivity contribution in [3.63, 3.8) is 0 Å². The first-order valence-corrected chi connectivity index (χ1v) is 5.94. The van der Waals surface area contributed by atoms with E-state index in [0.29, 0.717) is 21.3 Å². The fourth-order valence-electron chi connectivity index (χ4n) is 1.42. The fourth-order valence-corrected chi connectivity index (χ4v) is 1.71. The van der Waals surface area contributed by atoms with Crippen molar-refractivity contribution in [3.8, 4) is 6.07 Å². The molecule has 0 N–H and O–H groups in total. The Bertz CT molecular complexity index is 642. The number of benzene rings is 2. The Morgan fingerprint density at radius 1 is 1.06 bits per heavy atom. The van der Waals surface area contributed by atoms with Gasteiger partial charge in [-0.1, -0.05) is 41.4 Å². The van der Waals surface area contributed by atoms with Crippen LogP contribution in [0.3, 0.4) is 0 Å². The lowest BCUT2D eigenvalue weighted by atomic mass is 10.1. The summed E-state index contributed by atoms with van der Waals surface area (Å²) in [5.74, 6) is 0. The number of nitriles is 1. The summed E-state index contributed by atoms with van der Waals surface area (Å²) in [5, 5.41) is 9.90. The van der Waals surface area contributed by atoms with E-state index in [-0.39, 0.29) is 0 Å². The number of aliphatic imine (C=N–C) groups is 1. The first-order chi connectivity index (χ1) is 8.70. The molecule has 0 saturated carbocycles. The first-order valence-electron chi connectivity index (χ1n) is 5.19. The molecule has 0 fully saturated rings. The van der Waals surface area contributed by atoms with Crippen LogP contribution in [0, 0.1) is 11.3 Å². The van der Waals surface area contributed by atoms with Gasteiger partial charge in [0.2, 0.25) is 0 Å². The van der Waals surface area contributed by atoms with Gasteiger partial charge in [-0.05, 0) is 24.3 Å². The molecule has 0 amide bonds. The molecule has 2 aromatic carbocycles. The lowest BCUT2D eigenvalue weighted by Crippen LogP contribution is -1.86. The van der Waals surface area contributed by atoms with Gasteiger partial charge in [-0.3, -0.25) is 4.99 Å². The van der Waals surface area contributed by atoms with E-state index in [2.05, 4.69) is 11.1 Å². The van der Waals surface area contributed by atoms with E-state index in [9.17, 15) is 0 Å². The Morgan fingerprint density at radius 3 is 2.56 bits per heavy atom. The van der Waals surface area contributed by atoms with Gasteiger partial charge in [-0.2, -0.15) is 5.26 Å². The second-order valence-electron chi connectivity index (χ2n) is 3.56. The highest BCUT2D eigenvalue weighted by atomic mass is 35.5. The van der Waals surface area contributed by atoms with Gasteiger partial charge in [-0.25, -0.2) is 0 Å². The van der Waals surface area contributed by atoms with Crippen LogP contribution in [0.1, 0.15) is 11.1 Å². The highest BCUT2D eigenvalue weighted by Crippen LogP contribution is 2.26. The average molecular weight is 275 g/mol. The second kappa shape index (κ2) is 5.68. The van der Waals surface area contributed by atoms with Crippen molar-refractivity contribution < 1.29 is 0 Å². The molecule has 4 heteroatoms. The topological polar surface area (TPSA) is 36.1 Å². The zero-order valence-electron chi connectivity index (χ0n) is 9.27. The third-order valence-electron chi connectivity index (χ3n) is 2.34. The van der Waals surface area contributed by atoms with E-state index in [1.165, 1.54) is 0 Å². The van der Waals surface area contributed by atoms with Crippen molar-refractivity contribution in [2.45, 2.75) is 0 Å². The van der Waals surface area contributed by atoms with Gasteiger partial charge in [0, 0.05) is 11.8 Å². The van der Waals surface area contributed by atoms with E-state index in [1.54, 1.807) is 30.5 Å². The number of rotatable bonds is 2. The summed E-state index contributed by atoms with van der Waals surface area (Å²) in [5.41, 5.74) is 2.05. The van der Waals surface area contributed by atoms with Crippen LogP contribution in [0.4, 0.5) is 5.69 Å². The summed E-state index contributed by atoms with van der Waals surface area (Å²) in [6.45, 7) is 0. The van der Waals surface area contributed by atoms with Crippen LogP contribution in [0.5, 0.6) is 0 Å². The van der Waals surface area contributed by atoms with Crippen molar-refractivity contribution in [2.75, 3.05) is 0 Å². The van der Waals surface area contributed by atoms with Crippen LogP contribution in [-0.4, -0.2) is 6.21 Å². The van der Waals surface area contributed by atoms with Gasteiger partial charge in [0.1, 0.15) is 0 Å². The molecule has 0 aliphatic heterocycles. The Morgan fingerprint density at radius 2 is 1.83 bits per heavy atom. The molecule has 2 aromatic rings. The van der Waals surface area contributed by atoms with Crippen molar-refractivity contribution >= 4 is 35.1 Å². The number of halogens is 2. The van der Waals surface area contributed by atoms with Gasteiger partial charge in [-0.15, -0.1) is 0 Å². The largest absolute Gasteiger partial charge is 0.256 e. The van der Waals surface area contributed by atoms with Gasteiger partial charge < -0.3 is 0 Å². The molecular formula is C14H8Cl2N2. The van der Waals surface area contributed by atoms with Crippen molar-refractivity contribution in [1.29, 1.82) is 5.26 Å². The number of hydrogen-bond donors (Lipinski definition) is 0. The van der Waals surface area contributed by atoms with Crippen LogP contribution >= 0.6 is 23.2 Å². The third kappa shape index (κ3) is 2.89. The monoisotopic (exact) mass is 274 g/mol. The maximum atomic E-state index is 8.95. The molecule has 0 unspecified atom stereocenters. The molecule has 88 valence electrons. The Labute approximate surface area is 115 Å². The Kier molecular flexibility index (Phi) is 3.99. The molecule has 0 saturated heterocycles. The average Bonchev–Trinajstić information content (AvgIpc) is 2.40. The molecule has 0 aliphatic carbocycles. The predicted octanol–water partition coefficient (Wildman–Crippen LogP) is 4.62. The number of nitrogens with zero attached hydrogens (tertiary/aromatic N) is 2. The van der Waals surface area contributed by atoms with E-state index in [1.807, 2.05) is 18.2 Å². The van der Waals surface area contributed by atoms with Gasteiger partial charge >= 0.3 is 0 Å². The number of hydrogen-bond acceptors (Lipinski definition) is 2. The zero-order valence-corrected chi connectivity index (χ0v) is 10.8. The Hall–Kier alpha value is -1.82. The minimum Gasteiger partial charge on any atom is -0.256 e. The van der Waals surface area contributed by atoms with Crippen LogP contribution in [0.25, 0.3) is 0 Å². The standard InChI is InChI=1S/C14H8Cl2N2/c15-13-6-5-12(7-14(13)16)18-9-11-4-2-1-3-10(11)8-17/h1-7,9H. The summed E-state index contributed by atoms with van der Waals surface area (Å²) in [6, 6.07) is 14.5. The van der Waals surface area contributed by atoms with Crippen LogP contribution in [-0.2, 0) is 0 Å². The summed E-state index contributed by atoms with van der Waals surface area (Å²) in [4.78, 5) is 4.27. The molecule has 2 nitrogen and oxygen atoms in total. The summed E-state index contributed by atoms with van der Waals surface area (Å²) in [6.07, 6.45) is 1.64. The molecule has 0 aliphatic rings. The van der Waals surface area contributed by atoms with Crippen molar-refractivity contribution in [1.82, 2.24) is 0 Å². The van der Waals surface area contributed by atoms with Crippen molar-refractivity contribution in [3.05, 3.63) is 63.6 Å². The van der Waals surface area contributed by atoms with Crippen LogP contribution in [0.15, 0.2) is 47.5 Å². The van der Waals surface area contributed by atoms with Gasteiger partial charge in [0.25, 0.3) is 0 Å². The fraction of sp³-hybridized carbons (Fsp3) is 0. The Balaban J connectivity index is 2.30. The highest BCUT2D eigenvalue weighted by molar-refractivity contribution is 6.42. The summed E-state index contributed by atoms with van der Waals surface area (Å²) in [7, 11) is 0. The first kappa shape index (κ1) is 12.6. The minimum absolute atomic E-state index is 0.458. The minimum atomic E-state index is 0.458. The molecule has 0 aromatic heterocycles. The molecule has 0 bridgehead atoms. The SMILES string of the molecule is N#Cc1ccccc1C=Nc1ccc(Cl)c(Cl)c1. The molecule has 0 spiro atoms. The molecule has 0 radical (unpaired) electrons. The quantitative estimate of drug-likeness (QED) is 0.737. The molecule has 2 rings (SSSR count). The van der Waals surface area contributed by atoms with Crippen molar-refractivity contribution in [2.24, 2.45) is 4.99 Å². The molecule has 18 heavy (non-hydrogen) atoms. The van der Waals surface area contributed by atoms with Gasteiger partial charge in [0.05, 0.1) is 27.4 Å². The predicted molar refractivity (Wildman–Crippen MR) is 74.9 cm³/mol. The molecular weight excluding hydrogens is 267 g/mol. The smallest absolute Gasteiger partial charge is 0.0998 e. The lowest BCUT2D eigenvalue weighted by Gasteiger charge is -1.98. The second-order valence-corrected chi connectivity index (χ2v) is 4.37. The molecule has 0 atom stereocenters. The summed E-state index contributed by atoms with van der Waals surface area (Å²) < 4.78 is 0.